The number of rotatable bonds is 2. The molecule has 0 atom stereocenters. The van der Waals surface area contributed by atoms with Crippen molar-refractivity contribution in [1.82, 2.24) is 4.98 Å². The fraction of sp³-hybridized carbons (Fsp3) is 0.0667. The molecule has 0 aliphatic heterocycles. The second-order valence-corrected chi connectivity index (χ2v) is 5.71. The van der Waals surface area contributed by atoms with E-state index in [0.29, 0.717) is 16.3 Å². The average molecular weight is 303 g/mol. The fourth-order valence-electron chi connectivity index (χ4n) is 1.97. The van der Waals surface area contributed by atoms with Crippen LogP contribution in [-0.4, -0.2) is 10.9 Å². The summed E-state index contributed by atoms with van der Waals surface area (Å²) in [7, 11) is 0. The number of nitrogens with zero attached hydrogens (tertiary/aromatic N) is 1. The first-order chi connectivity index (χ1) is 9.65. The first kappa shape index (κ1) is 13.1. The van der Waals surface area contributed by atoms with Gasteiger partial charge in [0.25, 0.3) is 5.91 Å². The molecule has 3 nitrogen and oxygen atoms in total. The van der Waals surface area contributed by atoms with Crippen molar-refractivity contribution in [2.24, 2.45) is 0 Å². The zero-order valence-electron chi connectivity index (χ0n) is 10.7. The van der Waals surface area contributed by atoms with Crippen molar-refractivity contribution < 1.29 is 4.79 Å². The number of benzene rings is 2. The van der Waals surface area contributed by atoms with Gasteiger partial charge in [-0.3, -0.25) is 4.79 Å². The van der Waals surface area contributed by atoms with Gasteiger partial charge in [-0.25, -0.2) is 4.98 Å². The number of amides is 1. The van der Waals surface area contributed by atoms with Crippen LogP contribution >= 0.6 is 22.9 Å². The number of hydrogen-bond acceptors (Lipinski definition) is 3. The van der Waals surface area contributed by atoms with Gasteiger partial charge in [-0.15, -0.1) is 11.3 Å². The van der Waals surface area contributed by atoms with E-state index in [1.165, 1.54) is 11.3 Å². The molecule has 1 aromatic heterocycles. The lowest BCUT2D eigenvalue weighted by atomic mass is 10.1. The van der Waals surface area contributed by atoms with Gasteiger partial charge in [-0.1, -0.05) is 23.7 Å². The largest absolute Gasteiger partial charge is 0.320 e. The lowest BCUT2D eigenvalue weighted by Crippen LogP contribution is -2.13. The van der Waals surface area contributed by atoms with Crippen molar-refractivity contribution in [1.29, 1.82) is 0 Å². The van der Waals surface area contributed by atoms with E-state index in [1.54, 1.807) is 17.6 Å². The Hall–Kier alpha value is -1.91. The Balaban J connectivity index is 1.92. The molecular weight excluding hydrogens is 292 g/mol. The number of fused-ring (bicyclic) bond motifs is 1. The predicted molar refractivity (Wildman–Crippen MR) is 83.8 cm³/mol. The maximum Gasteiger partial charge on any atom is 0.255 e. The van der Waals surface area contributed by atoms with Crippen molar-refractivity contribution in [2.75, 3.05) is 5.32 Å². The zero-order chi connectivity index (χ0) is 14.1. The molecule has 0 saturated carbocycles. The number of halogens is 1. The van der Waals surface area contributed by atoms with Crippen LogP contribution in [0.5, 0.6) is 0 Å². The molecule has 1 N–H and O–H groups in total. The molecule has 1 heterocycles. The second kappa shape index (κ2) is 5.23. The lowest BCUT2D eigenvalue weighted by Gasteiger charge is -2.10. The molecule has 20 heavy (non-hydrogen) atoms. The maximum atomic E-state index is 12.3. The highest BCUT2D eigenvalue weighted by atomic mass is 35.5. The van der Waals surface area contributed by atoms with Crippen LogP contribution in [0, 0.1) is 6.92 Å². The van der Waals surface area contributed by atoms with Crippen molar-refractivity contribution in [3.8, 4) is 0 Å². The van der Waals surface area contributed by atoms with Crippen LogP contribution in [0.2, 0.25) is 5.02 Å². The highest BCUT2D eigenvalue weighted by molar-refractivity contribution is 7.16. The summed E-state index contributed by atoms with van der Waals surface area (Å²) in [5.41, 5.74) is 4.86. The fourth-order valence-corrected chi connectivity index (χ4v) is 2.96. The van der Waals surface area contributed by atoms with E-state index in [9.17, 15) is 4.79 Å². The van der Waals surface area contributed by atoms with Crippen molar-refractivity contribution in [3.05, 3.63) is 58.1 Å². The van der Waals surface area contributed by atoms with Crippen LogP contribution in [0.15, 0.2) is 41.9 Å². The van der Waals surface area contributed by atoms with Gasteiger partial charge in [0.15, 0.2) is 0 Å². The number of nitrogens with one attached hydrogen (secondary N) is 1. The van der Waals surface area contributed by atoms with Gasteiger partial charge in [0, 0.05) is 5.56 Å². The second-order valence-electron chi connectivity index (χ2n) is 4.42. The molecule has 5 heteroatoms. The van der Waals surface area contributed by atoms with E-state index in [1.807, 2.05) is 31.2 Å². The molecule has 0 radical (unpaired) electrons. The summed E-state index contributed by atoms with van der Waals surface area (Å²) < 4.78 is 0.994. The number of aryl methyl sites for hydroxylation is 1. The van der Waals surface area contributed by atoms with E-state index in [0.717, 1.165) is 15.8 Å². The standard InChI is InChI=1S/C15H11ClN2OS/c1-9-3-2-4-11(16)14(9)18-15(19)10-5-6-12-13(7-10)20-8-17-12/h2-8H,1H3,(H,18,19). The van der Waals surface area contributed by atoms with Gasteiger partial charge in [0.1, 0.15) is 0 Å². The molecule has 0 unspecified atom stereocenters. The first-order valence-electron chi connectivity index (χ1n) is 6.05. The van der Waals surface area contributed by atoms with Gasteiger partial charge in [-0.2, -0.15) is 0 Å². The Labute approximate surface area is 125 Å². The molecule has 3 aromatic rings. The molecule has 3 rings (SSSR count). The number of carbonyl (C=O) groups excluding carboxylic acids is 1. The Morgan fingerprint density at radius 1 is 1.30 bits per heavy atom. The first-order valence-corrected chi connectivity index (χ1v) is 7.30. The van der Waals surface area contributed by atoms with E-state index >= 15 is 0 Å². The molecule has 0 aliphatic rings. The molecular formula is C15H11ClN2OS. The number of thiazole rings is 1. The highest BCUT2D eigenvalue weighted by Gasteiger charge is 2.11. The van der Waals surface area contributed by atoms with Crippen LogP contribution in [0.3, 0.4) is 0 Å². The molecule has 100 valence electrons. The third-order valence-electron chi connectivity index (χ3n) is 3.05. The third kappa shape index (κ3) is 2.40. The molecule has 0 bridgehead atoms. The summed E-state index contributed by atoms with van der Waals surface area (Å²) >= 11 is 7.63. The smallest absolute Gasteiger partial charge is 0.255 e. The van der Waals surface area contributed by atoms with E-state index < -0.39 is 0 Å². The Morgan fingerprint density at radius 3 is 2.95 bits per heavy atom. The van der Waals surface area contributed by atoms with Crippen LogP contribution in [0.4, 0.5) is 5.69 Å². The van der Waals surface area contributed by atoms with E-state index in [4.69, 9.17) is 11.6 Å². The molecule has 0 fully saturated rings. The Kier molecular flexibility index (Phi) is 3.42. The van der Waals surface area contributed by atoms with Crippen LogP contribution in [0.1, 0.15) is 15.9 Å². The average Bonchev–Trinajstić information content (AvgIpc) is 2.90. The van der Waals surface area contributed by atoms with Crippen molar-refractivity contribution in [3.63, 3.8) is 0 Å². The van der Waals surface area contributed by atoms with Crippen molar-refractivity contribution >= 4 is 44.7 Å². The Morgan fingerprint density at radius 2 is 2.15 bits per heavy atom. The van der Waals surface area contributed by atoms with E-state index in [2.05, 4.69) is 10.3 Å². The quantitative estimate of drug-likeness (QED) is 0.756. The number of carbonyl (C=O) groups is 1. The zero-order valence-corrected chi connectivity index (χ0v) is 12.3. The number of hydrogen-bond donors (Lipinski definition) is 1. The summed E-state index contributed by atoms with van der Waals surface area (Å²) in [5, 5.41) is 3.40. The minimum absolute atomic E-state index is 0.170. The van der Waals surface area contributed by atoms with Crippen LogP contribution in [0.25, 0.3) is 10.2 Å². The van der Waals surface area contributed by atoms with Gasteiger partial charge in [0.2, 0.25) is 0 Å². The highest BCUT2D eigenvalue weighted by Crippen LogP contribution is 2.26. The van der Waals surface area contributed by atoms with Gasteiger partial charge < -0.3 is 5.32 Å². The summed E-state index contributed by atoms with van der Waals surface area (Å²) in [6.45, 7) is 1.91. The molecule has 0 spiro atoms. The van der Waals surface area contributed by atoms with Gasteiger partial charge in [-0.05, 0) is 36.8 Å². The topological polar surface area (TPSA) is 42.0 Å². The monoisotopic (exact) mass is 302 g/mol. The number of aromatic nitrogens is 1. The molecule has 1 amide bonds. The molecule has 2 aromatic carbocycles. The molecule has 0 aliphatic carbocycles. The normalized spacial score (nSPS) is 10.7. The SMILES string of the molecule is Cc1cccc(Cl)c1NC(=O)c1ccc2ncsc2c1. The third-order valence-corrected chi connectivity index (χ3v) is 4.16. The molecule has 0 saturated heterocycles. The number of anilines is 1. The Bertz CT molecular complexity index is 777. The predicted octanol–water partition coefficient (Wildman–Crippen LogP) is 4.51. The van der Waals surface area contributed by atoms with Crippen LogP contribution in [-0.2, 0) is 0 Å². The van der Waals surface area contributed by atoms with E-state index in [-0.39, 0.29) is 5.91 Å². The minimum Gasteiger partial charge on any atom is -0.320 e. The van der Waals surface area contributed by atoms with Gasteiger partial charge >= 0.3 is 0 Å². The maximum absolute atomic E-state index is 12.3. The van der Waals surface area contributed by atoms with Gasteiger partial charge in [0.05, 0.1) is 26.4 Å². The summed E-state index contributed by atoms with van der Waals surface area (Å²) in [6.07, 6.45) is 0. The van der Waals surface area contributed by atoms with Crippen LogP contribution < -0.4 is 5.32 Å². The minimum atomic E-state index is -0.170. The summed E-state index contributed by atoms with van der Waals surface area (Å²) in [5.74, 6) is -0.170. The summed E-state index contributed by atoms with van der Waals surface area (Å²) in [4.78, 5) is 16.5. The summed E-state index contributed by atoms with van der Waals surface area (Å²) in [6, 6.07) is 11.0. The number of para-hydroxylation sites is 1. The lowest BCUT2D eigenvalue weighted by molar-refractivity contribution is 0.102. The van der Waals surface area contributed by atoms with Crippen molar-refractivity contribution in [2.45, 2.75) is 6.92 Å².